The van der Waals surface area contributed by atoms with E-state index in [4.69, 9.17) is 5.73 Å². The maximum atomic E-state index is 14.4. The zero-order valence-corrected chi connectivity index (χ0v) is 16.9. The second-order valence-electron chi connectivity index (χ2n) is 7.93. The van der Waals surface area contributed by atoms with E-state index in [2.05, 4.69) is 20.6 Å². The van der Waals surface area contributed by atoms with Crippen LogP contribution in [-0.4, -0.2) is 54.6 Å². The van der Waals surface area contributed by atoms with Gasteiger partial charge >= 0.3 is 5.92 Å². The van der Waals surface area contributed by atoms with Crippen LogP contribution < -0.4 is 16.4 Å². The van der Waals surface area contributed by atoms with Crippen LogP contribution in [0.3, 0.4) is 0 Å². The lowest BCUT2D eigenvalue weighted by Gasteiger charge is -2.34. The summed E-state index contributed by atoms with van der Waals surface area (Å²) in [5.74, 6) is -4.14. The lowest BCUT2D eigenvalue weighted by Crippen LogP contribution is -2.53. The number of aromatic nitrogens is 2. The number of halogens is 2. The van der Waals surface area contributed by atoms with Gasteiger partial charge in [-0.15, -0.1) is 0 Å². The first-order valence-electron chi connectivity index (χ1n) is 10.1. The average molecular weight is 450 g/mol. The summed E-state index contributed by atoms with van der Waals surface area (Å²) in [6, 6.07) is 4.48. The normalized spacial score (nSPS) is 24.8. The van der Waals surface area contributed by atoms with Crippen LogP contribution in [0.2, 0.25) is 0 Å². The van der Waals surface area contributed by atoms with Crippen molar-refractivity contribution in [2.24, 2.45) is 0 Å². The number of hydrogen-bond donors (Lipinski definition) is 6. The van der Waals surface area contributed by atoms with Crippen LogP contribution >= 0.6 is 0 Å². The van der Waals surface area contributed by atoms with Gasteiger partial charge in [-0.3, -0.25) is 15.0 Å². The number of nitrogen functional groups attached to an aromatic ring is 1. The Bertz CT molecular complexity index is 993. The molecule has 10 nitrogen and oxygen atoms in total. The number of alkyl halides is 2. The van der Waals surface area contributed by atoms with Crippen LogP contribution in [0.5, 0.6) is 0 Å². The van der Waals surface area contributed by atoms with Gasteiger partial charge in [0.2, 0.25) is 11.9 Å². The molecule has 12 heteroatoms. The summed E-state index contributed by atoms with van der Waals surface area (Å²) in [5.41, 5.74) is 6.72. The molecule has 2 aliphatic rings. The number of benzene rings is 1. The number of rotatable bonds is 6. The molecule has 0 saturated carbocycles. The molecule has 2 aliphatic heterocycles. The van der Waals surface area contributed by atoms with Gasteiger partial charge in [0.25, 0.3) is 0 Å². The van der Waals surface area contributed by atoms with Gasteiger partial charge in [-0.2, -0.15) is 8.78 Å². The molecule has 1 saturated heterocycles. The third-order valence-electron chi connectivity index (χ3n) is 5.78. The van der Waals surface area contributed by atoms with Crippen molar-refractivity contribution >= 4 is 11.9 Å². The van der Waals surface area contributed by atoms with E-state index in [1.54, 1.807) is 23.1 Å². The molecule has 0 radical (unpaired) electrons. The first-order valence-corrected chi connectivity index (χ1v) is 10.1. The van der Waals surface area contributed by atoms with E-state index in [9.17, 15) is 28.9 Å². The highest BCUT2D eigenvalue weighted by Gasteiger charge is 2.42. The minimum Gasteiger partial charge on any atom is -0.374 e. The number of fused-ring (bicyclic) bond motifs is 1. The molecule has 7 N–H and O–H groups in total. The number of aliphatic hydroxyl groups is 3. The highest BCUT2D eigenvalue weighted by Crippen LogP contribution is 2.36. The molecule has 1 fully saturated rings. The van der Waals surface area contributed by atoms with Crippen LogP contribution in [0, 0.1) is 0 Å². The molecule has 0 aliphatic carbocycles. The van der Waals surface area contributed by atoms with Gasteiger partial charge in [-0.05, 0) is 29.5 Å². The zero-order valence-electron chi connectivity index (χ0n) is 16.9. The number of hydrogen-bond acceptors (Lipinski definition) is 9. The van der Waals surface area contributed by atoms with Crippen LogP contribution in [0.25, 0.3) is 0 Å². The monoisotopic (exact) mass is 450 g/mol. The molecular weight excluding hydrogens is 426 g/mol. The Labute approximate surface area is 182 Å². The van der Waals surface area contributed by atoms with E-state index >= 15 is 0 Å². The van der Waals surface area contributed by atoms with Gasteiger partial charge in [0, 0.05) is 25.5 Å². The number of nitrogens with two attached hydrogens (primary N) is 1. The molecule has 1 aromatic carbocycles. The summed E-state index contributed by atoms with van der Waals surface area (Å²) in [6.45, 7) is 0.228. The third kappa shape index (κ3) is 4.27. The Morgan fingerprint density at radius 2 is 2.00 bits per heavy atom. The molecule has 0 bridgehead atoms. The van der Waals surface area contributed by atoms with E-state index in [1.165, 1.54) is 0 Å². The first-order chi connectivity index (χ1) is 15.2. The third-order valence-corrected chi connectivity index (χ3v) is 5.78. The Balaban J connectivity index is 1.41. The van der Waals surface area contributed by atoms with Crippen LogP contribution in [-0.2, 0) is 23.8 Å². The summed E-state index contributed by atoms with van der Waals surface area (Å²) < 4.78 is 28.9. The summed E-state index contributed by atoms with van der Waals surface area (Å²) >= 11 is 0. The van der Waals surface area contributed by atoms with Crippen molar-refractivity contribution in [2.45, 2.75) is 56.6 Å². The molecule has 1 amide bonds. The minimum absolute atomic E-state index is 0.0634. The predicted molar refractivity (Wildman–Crippen MR) is 107 cm³/mol. The zero-order chi connectivity index (χ0) is 23.0. The van der Waals surface area contributed by atoms with Gasteiger partial charge in [0.15, 0.2) is 6.23 Å². The van der Waals surface area contributed by atoms with Crippen molar-refractivity contribution in [3.8, 4) is 0 Å². The molecule has 3 heterocycles. The number of piperidine rings is 1. The van der Waals surface area contributed by atoms with Gasteiger partial charge in [-0.1, -0.05) is 18.2 Å². The van der Waals surface area contributed by atoms with Gasteiger partial charge in [0.1, 0.15) is 12.5 Å². The molecule has 172 valence electrons. The molecule has 4 atom stereocenters. The Morgan fingerprint density at radius 3 is 2.69 bits per heavy atom. The second-order valence-corrected chi connectivity index (χ2v) is 7.93. The maximum Gasteiger partial charge on any atom is 0.314 e. The molecule has 0 spiro atoms. The Morgan fingerprint density at radius 1 is 1.28 bits per heavy atom. The van der Waals surface area contributed by atoms with Gasteiger partial charge < -0.3 is 26.4 Å². The van der Waals surface area contributed by atoms with E-state index in [1.807, 2.05) is 0 Å². The standard InChI is InChI=1S/C20H24F2N6O4/c21-20(22,12-7-25-19(23)26-8-12)18(32)24-6-10-1-2-13-11(5-10)9-28(17(13)31)14-3-4-15(29)27-16(14)30/h1-2,5,7-8,14-15,17-18,24,29,31-32H,3-4,6,9H2,(H,27,30)(H2,23,25,26)/t14?,15-,17-,18+/m0/s1. The number of aliphatic hydroxyl groups excluding tert-OH is 3. The van der Waals surface area contributed by atoms with E-state index < -0.39 is 36.2 Å². The summed E-state index contributed by atoms with van der Waals surface area (Å²) in [7, 11) is 0. The Hall–Kier alpha value is -2.77. The highest BCUT2D eigenvalue weighted by molar-refractivity contribution is 5.82. The molecule has 1 aromatic heterocycles. The second kappa shape index (κ2) is 8.64. The molecule has 32 heavy (non-hydrogen) atoms. The summed E-state index contributed by atoms with van der Waals surface area (Å²) in [5, 5.41) is 35.1. The largest absolute Gasteiger partial charge is 0.374 e. The maximum absolute atomic E-state index is 14.4. The van der Waals surface area contributed by atoms with Crippen molar-refractivity contribution in [3.63, 3.8) is 0 Å². The highest BCUT2D eigenvalue weighted by atomic mass is 19.3. The molecule has 2 aromatic rings. The van der Waals surface area contributed by atoms with E-state index in [-0.39, 0.29) is 18.4 Å². The Kier molecular flexibility index (Phi) is 6.05. The van der Waals surface area contributed by atoms with Crippen molar-refractivity contribution < 1.29 is 28.9 Å². The fourth-order valence-electron chi connectivity index (χ4n) is 4.01. The quantitative estimate of drug-likeness (QED) is 0.324. The van der Waals surface area contributed by atoms with Crippen molar-refractivity contribution in [2.75, 3.05) is 5.73 Å². The summed E-state index contributed by atoms with van der Waals surface area (Å²) in [4.78, 5) is 20.9. The number of anilines is 1. The average Bonchev–Trinajstić information content (AvgIpc) is 3.08. The lowest BCUT2D eigenvalue weighted by molar-refractivity contribution is -0.139. The minimum atomic E-state index is -3.64. The fourth-order valence-corrected chi connectivity index (χ4v) is 4.01. The topological polar surface area (TPSA) is 157 Å². The van der Waals surface area contributed by atoms with E-state index in [0.717, 1.165) is 18.0 Å². The van der Waals surface area contributed by atoms with Crippen molar-refractivity contribution in [3.05, 3.63) is 52.8 Å². The van der Waals surface area contributed by atoms with Gasteiger partial charge in [-0.25, -0.2) is 9.97 Å². The number of nitrogens with zero attached hydrogens (tertiary/aromatic N) is 3. The van der Waals surface area contributed by atoms with Crippen LogP contribution in [0.4, 0.5) is 14.7 Å². The first kappa shape index (κ1) is 22.4. The molecule has 4 rings (SSSR count). The van der Waals surface area contributed by atoms with Crippen molar-refractivity contribution in [1.82, 2.24) is 25.5 Å². The number of nitrogens with one attached hydrogen (secondary N) is 2. The number of amides is 1. The molecular formula is C20H24F2N6O4. The van der Waals surface area contributed by atoms with Crippen LogP contribution in [0.15, 0.2) is 30.6 Å². The summed E-state index contributed by atoms with van der Waals surface area (Å²) in [6.07, 6.45) is -1.56. The lowest BCUT2D eigenvalue weighted by atomic mass is 10.0. The van der Waals surface area contributed by atoms with Gasteiger partial charge in [0.05, 0.1) is 11.6 Å². The SMILES string of the molecule is Nc1ncc(C(F)(F)[C@@H](O)NCc2ccc3c(c2)CN(C2CC[C@H](O)NC2=O)[C@H]3O)cn1. The number of carbonyl (C=O) groups excluding carboxylic acids is 1. The fraction of sp³-hybridized carbons (Fsp3) is 0.450. The smallest absolute Gasteiger partial charge is 0.314 e. The van der Waals surface area contributed by atoms with E-state index in [0.29, 0.717) is 30.5 Å². The van der Waals surface area contributed by atoms with Crippen LogP contribution in [0.1, 0.15) is 41.3 Å². The predicted octanol–water partition coefficient (Wildman–Crippen LogP) is -0.338. The molecule has 1 unspecified atom stereocenters. The number of carbonyl (C=O) groups is 1. The van der Waals surface area contributed by atoms with Crippen molar-refractivity contribution in [1.29, 1.82) is 0 Å².